The molecule has 30 heavy (non-hydrogen) atoms. The number of aromatic nitrogens is 1. The Kier molecular flexibility index (Phi) is 4.85. The van der Waals surface area contributed by atoms with E-state index in [1.165, 1.54) is 29.3 Å². The summed E-state index contributed by atoms with van der Waals surface area (Å²) in [5.74, 6) is -0.943. The quantitative estimate of drug-likeness (QED) is 0.634. The van der Waals surface area contributed by atoms with Gasteiger partial charge in [0.25, 0.3) is 5.91 Å². The number of amides is 1. The van der Waals surface area contributed by atoms with Gasteiger partial charge in [0, 0.05) is 30.7 Å². The molecule has 1 aromatic heterocycles. The van der Waals surface area contributed by atoms with Crippen molar-refractivity contribution in [3.8, 4) is 22.6 Å². The van der Waals surface area contributed by atoms with Crippen LogP contribution >= 0.6 is 0 Å². The van der Waals surface area contributed by atoms with E-state index in [9.17, 15) is 28.2 Å². The number of pyridine rings is 1. The number of hydrogen-bond acceptors (Lipinski definition) is 4. The minimum absolute atomic E-state index is 0.0277. The average Bonchev–Trinajstić information content (AvgIpc) is 2.72. The number of nitrogens with zero attached hydrogens (tertiary/aromatic N) is 2. The van der Waals surface area contributed by atoms with Gasteiger partial charge >= 0.3 is 6.18 Å². The zero-order valence-corrected chi connectivity index (χ0v) is 15.6. The summed E-state index contributed by atoms with van der Waals surface area (Å²) < 4.78 is 40.1. The molecular formula is C22H17F3N2O3. The molecule has 0 unspecified atom stereocenters. The Hall–Kier alpha value is -3.55. The summed E-state index contributed by atoms with van der Waals surface area (Å²) in [4.78, 5) is 18.0. The van der Waals surface area contributed by atoms with Crippen LogP contribution in [0.1, 0.15) is 27.9 Å². The van der Waals surface area contributed by atoms with Gasteiger partial charge in [0.1, 0.15) is 11.5 Å². The van der Waals surface area contributed by atoms with Crippen LogP contribution in [0.4, 0.5) is 18.9 Å². The fourth-order valence-corrected chi connectivity index (χ4v) is 3.69. The van der Waals surface area contributed by atoms with Gasteiger partial charge in [-0.2, -0.15) is 13.2 Å². The molecule has 3 aromatic rings. The lowest BCUT2D eigenvalue weighted by Crippen LogP contribution is -2.35. The summed E-state index contributed by atoms with van der Waals surface area (Å²) in [6.45, 7) is 0.411. The minimum Gasteiger partial charge on any atom is -0.508 e. The second-order valence-electron chi connectivity index (χ2n) is 7.02. The largest absolute Gasteiger partial charge is 0.508 e. The number of phenolic OH excluding ortho intramolecular Hbond substituents is 2. The van der Waals surface area contributed by atoms with E-state index in [1.807, 2.05) is 0 Å². The Bertz CT molecular complexity index is 1130. The van der Waals surface area contributed by atoms with E-state index in [4.69, 9.17) is 0 Å². The lowest BCUT2D eigenvalue weighted by molar-refractivity contribution is -0.137. The zero-order valence-electron chi connectivity index (χ0n) is 15.6. The van der Waals surface area contributed by atoms with E-state index < -0.39 is 17.6 Å². The topological polar surface area (TPSA) is 73.7 Å². The second kappa shape index (κ2) is 7.37. The number of benzene rings is 2. The first kappa shape index (κ1) is 19.8. The van der Waals surface area contributed by atoms with Crippen molar-refractivity contribution in [3.05, 3.63) is 71.5 Å². The van der Waals surface area contributed by atoms with Crippen molar-refractivity contribution >= 4 is 11.6 Å². The van der Waals surface area contributed by atoms with Gasteiger partial charge in [-0.1, -0.05) is 6.07 Å². The highest BCUT2D eigenvalue weighted by atomic mass is 19.4. The number of rotatable bonds is 2. The van der Waals surface area contributed by atoms with E-state index in [0.29, 0.717) is 30.6 Å². The van der Waals surface area contributed by atoms with Gasteiger partial charge in [0.2, 0.25) is 0 Å². The molecule has 4 rings (SSSR count). The standard InChI is InChI=1S/C22H17F3N2O3/c23-22(24,25)18-12-26-8-7-16(18)13-3-6-19-14(10-13)2-1-9-27(19)21(30)17-5-4-15(28)11-20(17)29/h3-8,10-12,28-29H,1-2,9H2. The summed E-state index contributed by atoms with van der Waals surface area (Å²) in [6, 6.07) is 9.89. The number of fused-ring (bicyclic) bond motifs is 1. The van der Waals surface area contributed by atoms with Gasteiger partial charge in [-0.05, 0) is 59.9 Å². The lowest BCUT2D eigenvalue weighted by Gasteiger charge is -2.30. The molecule has 0 aliphatic carbocycles. The highest BCUT2D eigenvalue weighted by molar-refractivity contribution is 6.08. The Morgan fingerprint density at radius 1 is 1.07 bits per heavy atom. The van der Waals surface area contributed by atoms with Gasteiger partial charge in [0.05, 0.1) is 11.1 Å². The molecule has 1 amide bonds. The molecule has 2 N–H and O–H groups in total. The normalized spacial score (nSPS) is 13.8. The Balaban J connectivity index is 1.73. The summed E-state index contributed by atoms with van der Waals surface area (Å²) in [5, 5.41) is 19.5. The number of phenols is 2. The molecule has 2 aromatic carbocycles. The highest BCUT2D eigenvalue weighted by Gasteiger charge is 2.34. The van der Waals surface area contributed by atoms with Crippen LogP contribution in [-0.2, 0) is 12.6 Å². The zero-order chi connectivity index (χ0) is 21.5. The van der Waals surface area contributed by atoms with Gasteiger partial charge in [-0.25, -0.2) is 0 Å². The molecule has 0 bridgehead atoms. The molecule has 0 spiro atoms. The predicted octanol–water partition coefficient (Wildman–Crippen LogP) is 4.77. The minimum atomic E-state index is -4.53. The van der Waals surface area contributed by atoms with E-state index in [1.54, 1.807) is 18.2 Å². The van der Waals surface area contributed by atoms with Gasteiger partial charge < -0.3 is 15.1 Å². The van der Waals surface area contributed by atoms with E-state index in [-0.39, 0.29) is 22.6 Å². The number of halogens is 3. The Labute approximate surface area is 170 Å². The molecule has 0 saturated heterocycles. The van der Waals surface area contributed by atoms with Crippen LogP contribution in [0, 0.1) is 0 Å². The molecule has 2 heterocycles. The second-order valence-corrected chi connectivity index (χ2v) is 7.02. The summed E-state index contributed by atoms with van der Waals surface area (Å²) in [6.07, 6.45) is -1.17. The van der Waals surface area contributed by atoms with Crippen LogP contribution in [-0.4, -0.2) is 27.6 Å². The SMILES string of the molecule is O=C(c1ccc(O)cc1O)N1CCCc2cc(-c3ccncc3C(F)(F)F)ccc21. The molecule has 8 heteroatoms. The van der Waals surface area contributed by atoms with Crippen LogP contribution in [0.2, 0.25) is 0 Å². The fourth-order valence-electron chi connectivity index (χ4n) is 3.69. The van der Waals surface area contributed by atoms with Crippen molar-refractivity contribution in [1.82, 2.24) is 4.98 Å². The third kappa shape index (κ3) is 3.56. The van der Waals surface area contributed by atoms with Crippen molar-refractivity contribution in [1.29, 1.82) is 0 Å². The molecule has 154 valence electrons. The molecule has 1 aliphatic heterocycles. The van der Waals surface area contributed by atoms with Crippen LogP contribution < -0.4 is 4.90 Å². The van der Waals surface area contributed by atoms with Gasteiger partial charge in [0.15, 0.2) is 0 Å². The number of hydrogen-bond donors (Lipinski definition) is 2. The van der Waals surface area contributed by atoms with Gasteiger partial charge in [-0.3, -0.25) is 9.78 Å². The third-order valence-electron chi connectivity index (χ3n) is 5.09. The molecule has 0 fully saturated rings. The molecular weight excluding hydrogens is 397 g/mol. The monoisotopic (exact) mass is 414 g/mol. The smallest absolute Gasteiger partial charge is 0.418 e. The fraction of sp³-hybridized carbons (Fsp3) is 0.182. The number of carbonyl (C=O) groups excluding carboxylic acids is 1. The van der Waals surface area contributed by atoms with Crippen molar-refractivity contribution in [2.24, 2.45) is 0 Å². The van der Waals surface area contributed by atoms with E-state index in [0.717, 1.165) is 17.8 Å². The number of aryl methyl sites for hydroxylation is 1. The van der Waals surface area contributed by atoms with Gasteiger partial charge in [-0.15, -0.1) is 0 Å². The Morgan fingerprint density at radius 3 is 2.60 bits per heavy atom. The summed E-state index contributed by atoms with van der Waals surface area (Å²) in [7, 11) is 0. The maximum absolute atomic E-state index is 13.4. The van der Waals surface area contributed by atoms with Crippen LogP contribution in [0.25, 0.3) is 11.1 Å². The number of anilines is 1. The number of carbonyl (C=O) groups is 1. The maximum atomic E-state index is 13.4. The third-order valence-corrected chi connectivity index (χ3v) is 5.09. The van der Waals surface area contributed by atoms with Crippen molar-refractivity contribution in [2.45, 2.75) is 19.0 Å². The number of aromatic hydroxyl groups is 2. The predicted molar refractivity (Wildman–Crippen MR) is 104 cm³/mol. The first-order valence-corrected chi connectivity index (χ1v) is 9.24. The first-order valence-electron chi connectivity index (χ1n) is 9.24. The van der Waals surface area contributed by atoms with Crippen molar-refractivity contribution in [3.63, 3.8) is 0 Å². The number of alkyl halides is 3. The van der Waals surface area contributed by atoms with E-state index >= 15 is 0 Å². The highest BCUT2D eigenvalue weighted by Crippen LogP contribution is 2.39. The summed E-state index contributed by atoms with van der Waals surface area (Å²) >= 11 is 0. The summed E-state index contributed by atoms with van der Waals surface area (Å²) in [5.41, 5.74) is 0.978. The van der Waals surface area contributed by atoms with Crippen LogP contribution in [0.5, 0.6) is 11.5 Å². The first-order chi connectivity index (χ1) is 14.3. The van der Waals surface area contributed by atoms with Crippen LogP contribution in [0.15, 0.2) is 54.9 Å². The van der Waals surface area contributed by atoms with Crippen molar-refractivity contribution < 1.29 is 28.2 Å². The molecule has 0 saturated carbocycles. The van der Waals surface area contributed by atoms with Crippen molar-refractivity contribution in [2.75, 3.05) is 11.4 Å². The van der Waals surface area contributed by atoms with E-state index in [2.05, 4.69) is 4.98 Å². The molecule has 1 aliphatic rings. The Morgan fingerprint density at radius 2 is 1.87 bits per heavy atom. The molecule has 0 atom stereocenters. The van der Waals surface area contributed by atoms with Crippen LogP contribution in [0.3, 0.4) is 0 Å². The maximum Gasteiger partial charge on any atom is 0.418 e. The molecule has 0 radical (unpaired) electrons. The average molecular weight is 414 g/mol. The lowest BCUT2D eigenvalue weighted by atomic mass is 9.94. The molecule has 5 nitrogen and oxygen atoms in total.